The summed E-state index contributed by atoms with van der Waals surface area (Å²) in [4.78, 5) is 75.5. The largest absolute Gasteiger partial charge is 0.470 e. The third kappa shape index (κ3) is 8.35. The van der Waals surface area contributed by atoms with Crippen LogP contribution in [0, 0.1) is 0 Å². The number of phosphoric ester groups is 1. The molecule has 2 aliphatic rings. The highest BCUT2D eigenvalue weighted by Crippen LogP contribution is 2.43. The number of rotatable bonds is 12. The van der Waals surface area contributed by atoms with Gasteiger partial charge in [-0.25, -0.2) is 18.7 Å². The molecule has 0 aliphatic carbocycles. The molecule has 2 aromatic rings. The lowest BCUT2D eigenvalue weighted by atomic mass is 9.98. The van der Waals surface area contributed by atoms with E-state index in [0.717, 1.165) is 0 Å². The quantitative estimate of drug-likeness (QED) is 0.0625. The Morgan fingerprint density at radius 1 is 1.07 bits per heavy atom. The predicted molar refractivity (Wildman–Crippen MR) is 148 cm³/mol. The molecule has 254 valence electrons. The average molecular weight is 669 g/mol. The lowest BCUT2D eigenvalue weighted by Crippen LogP contribution is -2.59. The summed E-state index contributed by atoms with van der Waals surface area (Å²) in [5.41, 5.74) is -3.95. The maximum Gasteiger partial charge on any atom is 0.470 e. The number of aliphatic hydroxyl groups is 4. The van der Waals surface area contributed by atoms with E-state index < -0.39 is 110 Å². The Bertz CT molecular complexity index is 1550. The summed E-state index contributed by atoms with van der Waals surface area (Å²) in [6.07, 6.45) is -12.3. The molecular formula is C24H37N4O16P. The first kappa shape index (κ1) is 35.1. The van der Waals surface area contributed by atoms with Crippen molar-refractivity contribution in [2.75, 3.05) is 6.61 Å². The number of carbonyl (C=O) groups is 1. The number of unbranched alkanes of at least 4 members (excludes halogenated alkanes) is 1. The topological polar surface area (TPSA) is 305 Å². The van der Waals surface area contributed by atoms with Crippen molar-refractivity contribution in [3.63, 3.8) is 0 Å². The van der Waals surface area contributed by atoms with E-state index in [-0.39, 0.29) is 19.3 Å². The molecule has 4 heterocycles. The highest BCUT2D eigenvalue weighted by Gasteiger charge is 2.52. The van der Waals surface area contributed by atoms with Crippen LogP contribution in [-0.4, -0.2) is 117 Å². The zero-order chi connectivity index (χ0) is 33.2. The van der Waals surface area contributed by atoms with Gasteiger partial charge in [-0.15, -0.1) is 0 Å². The van der Waals surface area contributed by atoms with Gasteiger partial charge in [0.2, 0.25) is 0 Å². The number of carbonyl (C=O) groups excluding carboxylic acids is 1. The predicted octanol–water partition coefficient (Wildman–Crippen LogP) is -2.83. The zero-order valence-electron chi connectivity index (χ0n) is 24.2. The fourth-order valence-electron chi connectivity index (χ4n) is 5.23. The van der Waals surface area contributed by atoms with E-state index in [1.807, 2.05) is 4.98 Å². The maximum absolute atomic E-state index is 13.0. The van der Waals surface area contributed by atoms with Gasteiger partial charge in [0.1, 0.15) is 24.4 Å². The van der Waals surface area contributed by atoms with E-state index in [4.69, 9.17) is 23.5 Å². The second kappa shape index (κ2) is 14.3. The molecule has 45 heavy (non-hydrogen) atoms. The lowest BCUT2D eigenvalue weighted by molar-refractivity contribution is -0.273. The van der Waals surface area contributed by atoms with Gasteiger partial charge in [-0.3, -0.25) is 29.1 Å². The van der Waals surface area contributed by atoms with Crippen LogP contribution < -0.4 is 16.9 Å². The molecule has 4 rings (SSSR count). The normalized spacial score (nSPS) is 31.6. The number of phosphoric acid groups is 1. The molecule has 0 radical (unpaired) electrons. The monoisotopic (exact) mass is 668 g/mol. The highest BCUT2D eigenvalue weighted by atomic mass is 31.2. The molecule has 2 aromatic heterocycles. The van der Waals surface area contributed by atoms with Gasteiger partial charge in [0, 0.05) is 12.8 Å². The van der Waals surface area contributed by atoms with Crippen LogP contribution in [0.2, 0.25) is 0 Å². The number of aliphatic hydroxyl groups excluding tert-OH is 4. The highest BCUT2D eigenvalue weighted by molar-refractivity contribution is 7.46. The van der Waals surface area contributed by atoms with Crippen molar-refractivity contribution in [1.29, 1.82) is 0 Å². The first-order chi connectivity index (χ1) is 21.1. The van der Waals surface area contributed by atoms with E-state index >= 15 is 0 Å². The summed E-state index contributed by atoms with van der Waals surface area (Å²) < 4.78 is 39.5. The van der Waals surface area contributed by atoms with Crippen molar-refractivity contribution >= 4 is 25.0 Å². The Kier molecular flexibility index (Phi) is 11.2. The van der Waals surface area contributed by atoms with Gasteiger partial charge in [-0.2, -0.15) is 0 Å². The zero-order valence-corrected chi connectivity index (χ0v) is 25.1. The van der Waals surface area contributed by atoms with E-state index in [0.29, 0.717) is 17.4 Å². The van der Waals surface area contributed by atoms with Crippen LogP contribution >= 0.6 is 7.82 Å². The summed E-state index contributed by atoms with van der Waals surface area (Å²) in [6.45, 7) is 2.44. The molecule has 0 bridgehead atoms. The fraction of sp³-hybridized carbons (Fsp3) is 0.750. The van der Waals surface area contributed by atoms with Gasteiger partial charge in [0.25, 0.3) is 5.56 Å². The second-order valence-corrected chi connectivity index (χ2v) is 12.1. The average Bonchev–Trinajstić information content (AvgIpc) is 3.33. The van der Waals surface area contributed by atoms with Crippen LogP contribution in [0.3, 0.4) is 0 Å². The number of hydrogen-bond donors (Lipinski definition) is 9. The summed E-state index contributed by atoms with van der Waals surface area (Å²) in [5.74, 6) is -0.957. The van der Waals surface area contributed by atoms with Crippen LogP contribution in [0.25, 0.3) is 11.2 Å². The van der Waals surface area contributed by atoms with Crippen molar-refractivity contribution < 1.29 is 63.0 Å². The number of aromatic nitrogens is 4. The number of ether oxygens (including phenoxy) is 4. The molecule has 2 saturated heterocycles. The number of H-pyrrole nitrogens is 3. The van der Waals surface area contributed by atoms with Crippen LogP contribution in [0.4, 0.5) is 0 Å². The smallest absolute Gasteiger partial charge is 0.455 e. The number of imidazole rings is 1. The standard InChI is InChI=1S/C24H37N4O16P/c1-9(40-22-12(31)7-11(30)10(2)41-22)5-3-4-6-14(32)43-18-17(44-45(37,38)39)16(33)13(8-29)42-21(18)28-19-15(25-23(35)26-19)20(34)27-24(28)36/h9-13,16-18,21-22,29-31,33H,3-8H2,1-2H3,(H2,25,26,35)(H,27,34,36)(H2,37,38,39)/t9-,10+,11-,12-,13-,16-,17+,18-,21-,22-/m1/s1. The fourth-order valence-corrected chi connectivity index (χ4v) is 5.79. The molecule has 10 atom stereocenters. The molecular weight excluding hydrogens is 631 g/mol. The number of esters is 1. The molecule has 9 N–H and O–H groups in total. The minimum absolute atomic E-state index is 0.0909. The van der Waals surface area contributed by atoms with Crippen LogP contribution in [0.1, 0.15) is 52.2 Å². The SMILES string of the molecule is C[C@H](CCCCC(=O)O[C@@H]1[C@@H](OP(=O)(O)O)[C@H](O)[C@@H](CO)O[C@H]1n1c(=O)[nH]c(=O)c2[nH]c(=O)[nH]c21)O[C@@H]1O[C@@H](C)[C@H](O)C[C@H]1O. The summed E-state index contributed by atoms with van der Waals surface area (Å²) >= 11 is 0. The second-order valence-electron chi connectivity index (χ2n) is 11.0. The van der Waals surface area contributed by atoms with Gasteiger partial charge in [-0.05, 0) is 26.7 Å². The first-order valence-corrected chi connectivity index (χ1v) is 15.6. The summed E-state index contributed by atoms with van der Waals surface area (Å²) in [7, 11) is -5.39. The Morgan fingerprint density at radius 2 is 1.78 bits per heavy atom. The number of nitrogens with zero attached hydrogens (tertiary/aromatic N) is 1. The van der Waals surface area contributed by atoms with Crippen molar-refractivity contribution in [1.82, 2.24) is 19.5 Å². The third-order valence-corrected chi connectivity index (χ3v) is 8.03. The van der Waals surface area contributed by atoms with E-state index in [2.05, 4.69) is 9.97 Å². The molecule has 0 unspecified atom stereocenters. The molecule has 0 saturated carbocycles. The van der Waals surface area contributed by atoms with E-state index in [1.54, 1.807) is 13.8 Å². The minimum atomic E-state index is -5.39. The molecule has 20 nitrogen and oxygen atoms in total. The van der Waals surface area contributed by atoms with Crippen molar-refractivity contribution in [2.24, 2.45) is 0 Å². The number of nitrogens with one attached hydrogen (secondary N) is 3. The summed E-state index contributed by atoms with van der Waals surface area (Å²) in [6, 6.07) is 0. The van der Waals surface area contributed by atoms with Gasteiger partial charge < -0.3 is 49.2 Å². The number of hydrogen-bond acceptors (Lipinski definition) is 14. The molecule has 0 amide bonds. The van der Waals surface area contributed by atoms with Crippen LogP contribution in [0.5, 0.6) is 0 Å². The Balaban J connectivity index is 1.50. The van der Waals surface area contributed by atoms with Crippen LogP contribution in [-0.2, 0) is 32.8 Å². The molecule has 0 spiro atoms. The molecule has 0 aromatic carbocycles. The molecule has 2 aliphatic heterocycles. The van der Waals surface area contributed by atoms with Gasteiger partial charge in [0.05, 0.1) is 24.9 Å². The number of fused-ring (bicyclic) bond motifs is 1. The van der Waals surface area contributed by atoms with Crippen molar-refractivity contribution in [3.05, 3.63) is 31.3 Å². The van der Waals surface area contributed by atoms with Crippen LogP contribution in [0.15, 0.2) is 14.4 Å². The first-order valence-electron chi connectivity index (χ1n) is 14.1. The maximum atomic E-state index is 13.0. The Labute approximate surface area is 253 Å². The Morgan fingerprint density at radius 3 is 2.44 bits per heavy atom. The minimum Gasteiger partial charge on any atom is -0.455 e. The molecule has 2 fully saturated rings. The summed E-state index contributed by atoms with van der Waals surface area (Å²) in [5, 5.41) is 40.4. The van der Waals surface area contributed by atoms with E-state index in [9.17, 15) is 54.0 Å². The van der Waals surface area contributed by atoms with Gasteiger partial charge >= 0.3 is 25.2 Å². The lowest BCUT2D eigenvalue weighted by Gasteiger charge is -2.43. The van der Waals surface area contributed by atoms with E-state index in [1.165, 1.54) is 0 Å². The van der Waals surface area contributed by atoms with Crippen molar-refractivity contribution in [3.8, 4) is 0 Å². The third-order valence-electron chi connectivity index (χ3n) is 7.51. The Hall–Kier alpha value is -2.75. The van der Waals surface area contributed by atoms with Gasteiger partial charge in [-0.1, -0.05) is 6.42 Å². The number of aromatic amines is 3. The molecule has 21 heteroatoms. The van der Waals surface area contributed by atoms with Crippen molar-refractivity contribution in [2.45, 2.75) is 107 Å². The van der Waals surface area contributed by atoms with Gasteiger partial charge in [0.15, 0.2) is 29.8 Å².